The number of amidine groups is 1. The van der Waals surface area contributed by atoms with Crippen molar-refractivity contribution in [3.8, 4) is 17.2 Å². The molecule has 2 heterocycles. The molecule has 0 atom stereocenters. The molecule has 4 rings (SSSR count). The molecule has 2 aromatic carbocycles. The summed E-state index contributed by atoms with van der Waals surface area (Å²) in [6.07, 6.45) is 0.969. The number of benzene rings is 2. The van der Waals surface area contributed by atoms with E-state index < -0.39 is 5.82 Å². The number of ether oxygens (including phenoxy) is 3. The molecule has 1 fully saturated rings. The van der Waals surface area contributed by atoms with Gasteiger partial charge in [-0.2, -0.15) is 0 Å². The van der Waals surface area contributed by atoms with Gasteiger partial charge in [0.25, 0.3) is 0 Å². The highest BCUT2D eigenvalue weighted by Gasteiger charge is 2.34. The fourth-order valence-electron chi connectivity index (χ4n) is 5.31. The molecule has 0 saturated carbocycles. The van der Waals surface area contributed by atoms with Gasteiger partial charge in [-0.15, -0.1) is 17.0 Å². The SMILES string of the molecule is Br.CCOc1cc2c(c(F)c1OCC)C(=N)N(CC(=O)c1cc(N3CCC(O)CC3)c(OC)c(C(C)(C)C)c1)C2. The van der Waals surface area contributed by atoms with Gasteiger partial charge >= 0.3 is 0 Å². The Labute approximate surface area is 246 Å². The number of hydrogen-bond donors (Lipinski definition) is 2. The largest absolute Gasteiger partial charge is 0.494 e. The normalized spacial score (nSPS) is 15.6. The first-order valence-corrected chi connectivity index (χ1v) is 13.6. The maximum Gasteiger partial charge on any atom is 0.197 e. The molecule has 0 spiro atoms. The van der Waals surface area contributed by atoms with Gasteiger partial charge in [-0.1, -0.05) is 20.8 Å². The van der Waals surface area contributed by atoms with Gasteiger partial charge in [-0.25, -0.2) is 4.39 Å². The number of carbonyl (C=O) groups excluding carboxylic acids is 1. The van der Waals surface area contributed by atoms with Crippen LogP contribution in [0.5, 0.6) is 17.2 Å². The lowest BCUT2D eigenvalue weighted by molar-refractivity contribution is 0.0962. The number of ketones is 1. The lowest BCUT2D eigenvalue weighted by atomic mass is 9.84. The molecule has 2 aliphatic heterocycles. The number of halogens is 2. The van der Waals surface area contributed by atoms with Crippen LogP contribution in [0.2, 0.25) is 0 Å². The van der Waals surface area contributed by atoms with Crippen LogP contribution in [0.1, 0.15) is 74.5 Å². The molecule has 0 amide bonds. The predicted molar refractivity (Wildman–Crippen MR) is 160 cm³/mol. The summed E-state index contributed by atoms with van der Waals surface area (Å²) in [4.78, 5) is 17.4. The first kappa shape index (κ1) is 31.7. The summed E-state index contributed by atoms with van der Waals surface area (Å²) in [7, 11) is 1.64. The lowest BCUT2D eigenvalue weighted by Crippen LogP contribution is -2.36. The molecule has 2 N–H and O–H groups in total. The van der Waals surface area contributed by atoms with Crippen LogP contribution in [-0.4, -0.2) is 67.7 Å². The van der Waals surface area contributed by atoms with Gasteiger partial charge in [0, 0.05) is 30.8 Å². The molecule has 1 saturated heterocycles. The van der Waals surface area contributed by atoms with E-state index in [1.54, 1.807) is 25.0 Å². The van der Waals surface area contributed by atoms with Crippen LogP contribution in [0, 0.1) is 11.2 Å². The van der Waals surface area contributed by atoms with Gasteiger partial charge in [-0.3, -0.25) is 10.2 Å². The van der Waals surface area contributed by atoms with Crippen LogP contribution >= 0.6 is 17.0 Å². The van der Waals surface area contributed by atoms with Crippen LogP contribution in [0.4, 0.5) is 10.1 Å². The zero-order valence-electron chi connectivity index (χ0n) is 24.2. The number of piperidine rings is 1. The van der Waals surface area contributed by atoms with Crippen molar-refractivity contribution in [3.63, 3.8) is 0 Å². The Morgan fingerprint density at radius 2 is 1.75 bits per heavy atom. The summed E-state index contributed by atoms with van der Waals surface area (Å²) in [6.45, 7) is 11.9. The van der Waals surface area contributed by atoms with E-state index in [1.807, 2.05) is 19.1 Å². The molecule has 2 aromatic rings. The highest BCUT2D eigenvalue weighted by atomic mass is 79.9. The van der Waals surface area contributed by atoms with Crippen molar-refractivity contribution < 1.29 is 28.5 Å². The highest BCUT2D eigenvalue weighted by Crippen LogP contribution is 2.42. The van der Waals surface area contributed by atoms with E-state index in [9.17, 15) is 9.90 Å². The smallest absolute Gasteiger partial charge is 0.197 e. The van der Waals surface area contributed by atoms with Crippen LogP contribution < -0.4 is 19.1 Å². The van der Waals surface area contributed by atoms with Crippen molar-refractivity contribution in [2.24, 2.45) is 0 Å². The molecule has 10 heteroatoms. The molecule has 0 aliphatic carbocycles. The van der Waals surface area contributed by atoms with E-state index in [4.69, 9.17) is 19.6 Å². The second-order valence-corrected chi connectivity index (χ2v) is 11.1. The number of rotatable bonds is 9. The maximum atomic E-state index is 15.5. The van der Waals surface area contributed by atoms with Crippen molar-refractivity contribution in [1.29, 1.82) is 5.41 Å². The molecule has 0 unspecified atom stereocenters. The first-order chi connectivity index (χ1) is 18.5. The summed E-state index contributed by atoms with van der Waals surface area (Å²) in [5.74, 6) is 0.178. The van der Waals surface area contributed by atoms with Gasteiger partial charge in [0.1, 0.15) is 11.6 Å². The van der Waals surface area contributed by atoms with E-state index >= 15 is 4.39 Å². The van der Waals surface area contributed by atoms with Gasteiger partial charge in [-0.05, 0) is 55.9 Å². The Morgan fingerprint density at radius 3 is 2.33 bits per heavy atom. The quantitative estimate of drug-likeness (QED) is 0.357. The van der Waals surface area contributed by atoms with Gasteiger partial charge < -0.3 is 29.1 Å². The van der Waals surface area contributed by atoms with Crippen LogP contribution in [0.15, 0.2) is 18.2 Å². The third-order valence-electron chi connectivity index (χ3n) is 7.31. The van der Waals surface area contributed by atoms with Gasteiger partial charge in [0.2, 0.25) is 0 Å². The van der Waals surface area contributed by atoms with Gasteiger partial charge in [0.05, 0.1) is 44.2 Å². The molecular weight excluding hydrogens is 581 g/mol. The number of aliphatic hydroxyl groups excluding tert-OH is 1. The molecule has 0 aromatic heterocycles. The third kappa shape index (κ3) is 6.22. The second-order valence-electron chi connectivity index (χ2n) is 11.1. The zero-order valence-corrected chi connectivity index (χ0v) is 25.9. The molecule has 0 radical (unpaired) electrons. The van der Waals surface area contributed by atoms with Crippen LogP contribution in [0.3, 0.4) is 0 Å². The summed E-state index contributed by atoms with van der Waals surface area (Å²) >= 11 is 0. The Kier molecular flexibility index (Phi) is 10.1. The zero-order chi connectivity index (χ0) is 28.5. The minimum Gasteiger partial charge on any atom is -0.494 e. The molecule has 220 valence electrons. The predicted octanol–water partition coefficient (Wildman–Crippen LogP) is 5.49. The van der Waals surface area contributed by atoms with Crippen molar-refractivity contribution in [2.75, 3.05) is 44.9 Å². The monoisotopic (exact) mass is 621 g/mol. The number of fused-ring (bicyclic) bond motifs is 1. The van der Waals surface area contributed by atoms with Crippen molar-refractivity contribution in [1.82, 2.24) is 4.90 Å². The van der Waals surface area contributed by atoms with Gasteiger partial charge in [0.15, 0.2) is 23.1 Å². The Balaban J connectivity index is 0.00000441. The number of aliphatic hydroxyl groups is 1. The Hall–Kier alpha value is -2.85. The lowest BCUT2D eigenvalue weighted by Gasteiger charge is -2.35. The Morgan fingerprint density at radius 1 is 1.10 bits per heavy atom. The average Bonchev–Trinajstić information content (AvgIpc) is 3.20. The number of nitrogens with zero attached hydrogens (tertiary/aromatic N) is 2. The van der Waals surface area contributed by atoms with Crippen molar-refractivity contribution in [3.05, 3.63) is 46.3 Å². The third-order valence-corrected chi connectivity index (χ3v) is 7.31. The summed E-state index contributed by atoms with van der Waals surface area (Å²) in [5, 5.41) is 18.7. The minimum atomic E-state index is -0.633. The molecule has 8 nitrogen and oxygen atoms in total. The van der Waals surface area contributed by atoms with Crippen molar-refractivity contribution >= 4 is 34.3 Å². The standard InChI is InChI=1S/C30H40FN3O5.BrH/c1-7-38-24-15-19-16-34(29(32)25(19)26(31)28(24)39-8-2)17-23(36)18-13-21(30(3,4)5)27(37-6)22(14-18)33-11-9-20(35)10-12-33;/h13-15,20,32,35H,7-12,16-17H2,1-6H3;1H. The topological polar surface area (TPSA) is 95.3 Å². The van der Waals surface area contributed by atoms with E-state index in [1.165, 1.54) is 0 Å². The Bertz CT molecular complexity index is 1260. The number of hydrogen-bond acceptors (Lipinski definition) is 7. The fourth-order valence-corrected chi connectivity index (χ4v) is 5.31. The van der Waals surface area contributed by atoms with Crippen LogP contribution in [-0.2, 0) is 12.0 Å². The number of Topliss-reactive ketones (excluding diaryl/α,β-unsaturated/α-hetero) is 1. The molecule has 40 heavy (non-hydrogen) atoms. The number of nitrogens with one attached hydrogen (secondary N) is 1. The second kappa shape index (κ2) is 12.8. The highest BCUT2D eigenvalue weighted by molar-refractivity contribution is 8.93. The summed E-state index contributed by atoms with van der Waals surface area (Å²) in [6, 6.07) is 5.43. The molecule has 0 bridgehead atoms. The molecule has 2 aliphatic rings. The van der Waals surface area contributed by atoms with Crippen LogP contribution in [0.25, 0.3) is 0 Å². The summed E-state index contributed by atoms with van der Waals surface area (Å²) < 4.78 is 32.5. The van der Waals surface area contributed by atoms with E-state index in [2.05, 4.69) is 25.7 Å². The molecular formula is C30H41BrFN3O5. The average molecular weight is 623 g/mol. The van der Waals surface area contributed by atoms with E-state index in [0.717, 1.165) is 17.0 Å². The first-order valence-electron chi connectivity index (χ1n) is 13.6. The number of anilines is 1. The van der Waals surface area contributed by atoms with Crippen molar-refractivity contribution in [2.45, 2.75) is 65.5 Å². The number of methoxy groups -OCH3 is 1. The van der Waals surface area contributed by atoms with E-state index in [-0.39, 0.29) is 71.1 Å². The van der Waals surface area contributed by atoms with E-state index in [0.29, 0.717) is 49.4 Å². The maximum absolute atomic E-state index is 15.5. The minimum absolute atomic E-state index is 0. The fraction of sp³-hybridized carbons (Fsp3) is 0.533. The number of carbonyl (C=O) groups is 1. The summed E-state index contributed by atoms with van der Waals surface area (Å²) in [5.41, 5.74) is 2.69.